The van der Waals surface area contributed by atoms with Gasteiger partial charge in [0.25, 0.3) is 11.8 Å². The molecule has 5 rings (SSSR count). The molecule has 0 aliphatic carbocycles. The average molecular weight is 630 g/mol. The van der Waals surface area contributed by atoms with Crippen molar-refractivity contribution in [3.63, 3.8) is 0 Å². The van der Waals surface area contributed by atoms with Gasteiger partial charge in [-0.15, -0.1) is 11.3 Å². The Bertz CT molecular complexity index is 1640. The van der Waals surface area contributed by atoms with Gasteiger partial charge in [0.2, 0.25) is 17.7 Å². The number of hydrogen-bond donors (Lipinski definition) is 4. The van der Waals surface area contributed by atoms with E-state index < -0.39 is 41.8 Å². The number of thiazole rings is 1. The Balaban J connectivity index is 1.46. The number of hydrogen-bond acceptors (Lipinski definition) is 9. The summed E-state index contributed by atoms with van der Waals surface area (Å²) in [6, 6.07) is 16.1. The maximum atomic E-state index is 13.5. The summed E-state index contributed by atoms with van der Waals surface area (Å²) in [5.74, 6) is -1.81. The molecule has 0 saturated heterocycles. The van der Waals surface area contributed by atoms with Gasteiger partial charge in [-0.05, 0) is 17.0 Å². The van der Waals surface area contributed by atoms with Gasteiger partial charge in [0, 0.05) is 24.9 Å². The number of aromatic nitrogens is 2. The van der Waals surface area contributed by atoms with Crippen LogP contribution in [0.3, 0.4) is 0 Å². The molecule has 12 nitrogen and oxygen atoms in total. The third-order valence-electron chi connectivity index (χ3n) is 7.38. The van der Waals surface area contributed by atoms with Crippen molar-refractivity contribution in [2.45, 2.75) is 38.4 Å². The fourth-order valence-electron chi connectivity index (χ4n) is 4.94. The van der Waals surface area contributed by atoms with E-state index in [1.165, 1.54) is 22.5 Å². The predicted octanol–water partition coefficient (Wildman–Crippen LogP) is 2.93. The molecule has 4 bridgehead atoms. The van der Waals surface area contributed by atoms with Gasteiger partial charge >= 0.3 is 0 Å². The first kappa shape index (κ1) is 31.5. The van der Waals surface area contributed by atoms with Crippen molar-refractivity contribution < 1.29 is 23.6 Å². The molecule has 4 aromatic rings. The molecule has 0 radical (unpaired) electrons. The Morgan fingerprint density at radius 3 is 2.42 bits per heavy atom. The maximum Gasteiger partial charge on any atom is 0.273 e. The molecule has 0 saturated carbocycles. The van der Waals surface area contributed by atoms with E-state index in [0.29, 0.717) is 17.0 Å². The van der Waals surface area contributed by atoms with Crippen molar-refractivity contribution in [3.05, 3.63) is 106 Å². The molecule has 4 amide bonds. The van der Waals surface area contributed by atoms with Crippen molar-refractivity contribution in [1.29, 1.82) is 0 Å². The number of oxazole rings is 1. The number of amides is 4. The number of nitrogens with two attached hydrogens (primary N) is 1. The van der Waals surface area contributed by atoms with Gasteiger partial charge in [-0.25, -0.2) is 9.97 Å². The molecule has 0 fully saturated rings. The summed E-state index contributed by atoms with van der Waals surface area (Å²) < 4.78 is 5.68. The zero-order chi connectivity index (χ0) is 31.9. The largest absolute Gasteiger partial charge is 0.446 e. The van der Waals surface area contributed by atoms with Crippen molar-refractivity contribution in [1.82, 2.24) is 30.8 Å². The van der Waals surface area contributed by atoms with Gasteiger partial charge in [-0.2, -0.15) is 0 Å². The summed E-state index contributed by atoms with van der Waals surface area (Å²) in [4.78, 5) is 63.5. The van der Waals surface area contributed by atoms with E-state index in [1.807, 2.05) is 50.2 Å². The lowest BCUT2D eigenvalue weighted by Gasteiger charge is -2.27. The summed E-state index contributed by atoms with van der Waals surface area (Å²) in [6.07, 6.45) is 1.58. The normalized spacial score (nSPS) is 18.8. The van der Waals surface area contributed by atoms with E-state index in [-0.39, 0.29) is 42.8 Å². The molecule has 1 aliphatic heterocycles. The van der Waals surface area contributed by atoms with Crippen LogP contribution in [0.25, 0.3) is 0 Å². The van der Waals surface area contributed by atoms with Gasteiger partial charge in [-0.3, -0.25) is 19.2 Å². The fourth-order valence-corrected chi connectivity index (χ4v) is 5.96. The van der Waals surface area contributed by atoms with Crippen LogP contribution in [0.2, 0.25) is 0 Å². The number of nitrogens with zero attached hydrogens (tertiary/aromatic N) is 3. The van der Waals surface area contributed by atoms with Crippen molar-refractivity contribution in [2.24, 2.45) is 11.7 Å². The highest BCUT2D eigenvalue weighted by molar-refractivity contribution is 7.09. The molecule has 234 valence electrons. The van der Waals surface area contributed by atoms with Gasteiger partial charge in [-0.1, -0.05) is 74.5 Å². The van der Waals surface area contributed by atoms with E-state index in [4.69, 9.17) is 10.2 Å². The molecule has 3 heterocycles. The lowest BCUT2D eigenvalue weighted by atomic mass is 10.0. The van der Waals surface area contributed by atoms with Crippen LogP contribution in [0, 0.1) is 5.92 Å². The third kappa shape index (κ3) is 7.80. The summed E-state index contributed by atoms with van der Waals surface area (Å²) in [7, 11) is 0. The van der Waals surface area contributed by atoms with E-state index in [1.54, 1.807) is 29.6 Å². The van der Waals surface area contributed by atoms with Gasteiger partial charge in [0.1, 0.15) is 29.0 Å². The van der Waals surface area contributed by atoms with E-state index in [0.717, 1.165) is 5.56 Å². The van der Waals surface area contributed by atoms with E-state index >= 15 is 0 Å². The lowest BCUT2D eigenvalue weighted by Crippen LogP contribution is -2.48. The number of nitrogens with one attached hydrogen (secondary N) is 3. The van der Waals surface area contributed by atoms with E-state index in [2.05, 4.69) is 25.9 Å². The van der Waals surface area contributed by atoms with Crippen LogP contribution in [0.5, 0.6) is 0 Å². The van der Waals surface area contributed by atoms with Crippen LogP contribution in [0.1, 0.15) is 75.0 Å². The van der Waals surface area contributed by atoms with Crippen LogP contribution in [0.4, 0.5) is 0 Å². The Morgan fingerprint density at radius 1 is 1.00 bits per heavy atom. The first-order valence-electron chi connectivity index (χ1n) is 14.6. The minimum atomic E-state index is -1.01. The van der Waals surface area contributed by atoms with Crippen molar-refractivity contribution >= 4 is 35.0 Å². The molecule has 0 spiro atoms. The Labute approximate surface area is 264 Å². The average Bonchev–Trinajstić information content (AvgIpc) is 3.74. The van der Waals surface area contributed by atoms with Crippen LogP contribution in [-0.4, -0.2) is 58.1 Å². The molecule has 13 heteroatoms. The molecule has 0 unspecified atom stereocenters. The maximum absolute atomic E-state index is 13.5. The minimum absolute atomic E-state index is 0.00533. The molecule has 1 aliphatic rings. The van der Waals surface area contributed by atoms with Crippen LogP contribution < -0.4 is 21.7 Å². The molecule has 3 atom stereocenters. The highest BCUT2D eigenvalue weighted by atomic mass is 32.1. The molecule has 2 aromatic heterocycles. The fraction of sp³-hybridized carbons (Fsp3) is 0.312. The smallest absolute Gasteiger partial charge is 0.273 e. The number of fused-ring (bicyclic) bond motifs is 4. The van der Waals surface area contributed by atoms with Crippen LogP contribution in [-0.2, 0) is 16.0 Å². The van der Waals surface area contributed by atoms with Crippen molar-refractivity contribution in [2.75, 3.05) is 19.6 Å². The lowest BCUT2D eigenvalue weighted by molar-refractivity contribution is -0.137. The summed E-state index contributed by atoms with van der Waals surface area (Å²) in [5.41, 5.74) is 8.01. The zero-order valence-corrected chi connectivity index (χ0v) is 25.8. The first-order valence-corrected chi connectivity index (χ1v) is 15.5. The quantitative estimate of drug-likeness (QED) is 0.261. The number of carbonyl (C=O) groups excluding carboxylic acids is 4. The monoisotopic (exact) mass is 629 g/mol. The van der Waals surface area contributed by atoms with Crippen LogP contribution in [0.15, 0.2) is 76.7 Å². The van der Waals surface area contributed by atoms with Gasteiger partial charge in [0.05, 0.1) is 12.6 Å². The molecule has 2 aromatic carbocycles. The molecule has 5 N–H and O–H groups in total. The number of carbonyl (C=O) groups is 4. The predicted molar refractivity (Wildman–Crippen MR) is 167 cm³/mol. The van der Waals surface area contributed by atoms with Crippen LogP contribution >= 0.6 is 11.3 Å². The number of rotatable bonds is 5. The summed E-state index contributed by atoms with van der Waals surface area (Å²) >= 11 is 1.25. The minimum Gasteiger partial charge on any atom is -0.446 e. The van der Waals surface area contributed by atoms with Crippen molar-refractivity contribution in [3.8, 4) is 0 Å². The summed E-state index contributed by atoms with van der Waals surface area (Å²) in [6.45, 7) is 3.60. The van der Waals surface area contributed by atoms with Gasteiger partial charge < -0.3 is 31.0 Å². The first-order chi connectivity index (χ1) is 21.7. The standard InChI is InChI=1S/C32H35N7O5S/c1-19(2)27-31-37-24(18-45-31)29(42)35-22(15-20-9-5-3-6-10-20)30-36-23(17-44-30)28(41)34-13-14-39(16-25(40)38-27)32(43)26(33)21-11-7-4-8-12-21/h3-12,17-19,22,26-27H,13-16,33H2,1-2H3,(H,34,41)(H,35,42)(H,38,40)/t22-,26+,27-/m0/s1. The topological polar surface area (TPSA) is 173 Å². The summed E-state index contributed by atoms with van der Waals surface area (Å²) in [5, 5.41) is 10.8. The van der Waals surface area contributed by atoms with Gasteiger partial charge in [0.15, 0.2) is 5.69 Å². The zero-order valence-electron chi connectivity index (χ0n) is 24.9. The highest BCUT2D eigenvalue weighted by Gasteiger charge is 2.29. The second-order valence-electron chi connectivity index (χ2n) is 11.1. The second-order valence-corrected chi connectivity index (χ2v) is 11.9. The molecular weight excluding hydrogens is 594 g/mol. The Morgan fingerprint density at radius 2 is 1.71 bits per heavy atom. The number of benzene rings is 2. The third-order valence-corrected chi connectivity index (χ3v) is 8.31. The molecule has 45 heavy (non-hydrogen) atoms. The SMILES string of the molecule is CC(C)[C@@H]1NC(=O)CN(C(=O)[C@H](N)c2ccccc2)CCNC(=O)c2coc(n2)[C@H](Cc2ccccc2)NC(=O)c2csc1n2. The second kappa shape index (κ2) is 14.3. The van der Waals surface area contributed by atoms with E-state index in [9.17, 15) is 19.2 Å². The molecular formula is C32H35N7O5S. The Hall–Kier alpha value is -4.88. The Kier molecular flexibility index (Phi) is 10.0. The highest BCUT2D eigenvalue weighted by Crippen LogP contribution is 2.26.